The van der Waals surface area contributed by atoms with Gasteiger partial charge in [-0.1, -0.05) is 109 Å². The molecule has 0 amide bonds. The predicted molar refractivity (Wildman–Crippen MR) is 204 cm³/mol. The summed E-state index contributed by atoms with van der Waals surface area (Å²) in [5.41, 5.74) is 7.09. The minimum absolute atomic E-state index is 0.0460. The van der Waals surface area contributed by atoms with Crippen LogP contribution < -0.4 is 9.47 Å². The summed E-state index contributed by atoms with van der Waals surface area (Å²) in [7, 11) is 0. The summed E-state index contributed by atoms with van der Waals surface area (Å²) in [6.07, 6.45) is 0. The van der Waals surface area contributed by atoms with Crippen LogP contribution in [0.2, 0.25) is 0 Å². The first kappa shape index (κ1) is 33.8. The standard InChI is InChI=1S/C42H32N6O6/c49-47(50)33-19-21-39-37(23-33)41(53-27-29-11-3-1-4-12-29)43-45(39)25-31-15-7-9-17-35(31)36-18-10-8-16-32(36)26-46-40-22-20-34(48(51)52)24-38(40)42(44-46)54-28-30-13-5-2-6-14-30/h1-24H,25-28H2. The molecule has 12 heteroatoms. The van der Waals surface area contributed by atoms with Crippen LogP contribution in [0, 0.1) is 20.2 Å². The Morgan fingerprint density at radius 2 is 0.889 bits per heavy atom. The van der Waals surface area contributed by atoms with Crippen LogP contribution in [0.5, 0.6) is 11.8 Å². The Bertz CT molecular complexity index is 2460. The normalized spacial score (nSPS) is 11.2. The van der Waals surface area contributed by atoms with E-state index < -0.39 is 9.85 Å². The monoisotopic (exact) mass is 716 g/mol. The largest absolute Gasteiger partial charge is 0.471 e. The van der Waals surface area contributed by atoms with E-state index in [0.29, 0.717) is 46.7 Å². The lowest BCUT2D eigenvalue weighted by molar-refractivity contribution is -0.384. The second-order valence-electron chi connectivity index (χ2n) is 12.7. The van der Waals surface area contributed by atoms with Crippen molar-refractivity contribution in [3.05, 3.63) is 188 Å². The van der Waals surface area contributed by atoms with E-state index in [1.807, 2.05) is 106 Å². The molecule has 6 aromatic carbocycles. The molecule has 54 heavy (non-hydrogen) atoms. The summed E-state index contributed by atoms with van der Waals surface area (Å²) in [5.74, 6) is 0.623. The zero-order valence-corrected chi connectivity index (χ0v) is 28.8. The molecule has 0 saturated carbocycles. The highest BCUT2D eigenvalue weighted by Crippen LogP contribution is 2.35. The molecule has 8 rings (SSSR count). The first-order valence-corrected chi connectivity index (χ1v) is 17.2. The van der Waals surface area contributed by atoms with E-state index >= 15 is 0 Å². The lowest BCUT2D eigenvalue weighted by Crippen LogP contribution is -2.06. The van der Waals surface area contributed by atoms with Crippen molar-refractivity contribution < 1.29 is 19.3 Å². The van der Waals surface area contributed by atoms with Crippen LogP contribution in [0.15, 0.2) is 146 Å². The van der Waals surface area contributed by atoms with Gasteiger partial charge in [0.05, 0.1) is 44.7 Å². The molecule has 0 radical (unpaired) electrons. The maximum atomic E-state index is 11.7. The highest BCUT2D eigenvalue weighted by atomic mass is 16.6. The third kappa shape index (κ3) is 6.95. The van der Waals surface area contributed by atoms with Crippen molar-refractivity contribution in [1.82, 2.24) is 19.6 Å². The molecule has 0 bridgehead atoms. The van der Waals surface area contributed by atoms with E-state index in [9.17, 15) is 20.2 Å². The molecule has 12 nitrogen and oxygen atoms in total. The quantitative estimate of drug-likeness (QED) is 0.0850. The van der Waals surface area contributed by atoms with E-state index in [1.165, 1.54) is 24.3 Å². The van der Waals surface area contributed by atoms with Gasteiger partial charge in [-0.05, 0) is 45.5 Å². The molecule has 2 aromatic heterocycles. The molecule has 8 aromatic rings. The van der Waals surface area contributed by atoms with Crippen molar-refractivity contribution in [3.8, 4) is 22.9 Å². The maximum Gasteiger partial charge on any atom is 0.270 e. The van der Waals surface area contributed by atoms with Crippen LogP contribution >= 0.6 is 0 Å². The summed E-state index contributed by atoms with van der Waals surface area (Å²) < 4.78 is 15.9. The Hall–Kier alpha value is -7.34. The topological polar surface area (TPSA) is 140 Å². The van der Waals surface area contributed by atoms with Crippen molar-refractivity contribution in [1.29, 1.82) is 0 Å². The van der Waals surface area contributed by atoms with Gasteiger partial charge in [0.1, 0.15) is 13.2 Å². The number of ether oxygens (including phenoxy) is 2. The van der Waals surface area contributed by atoms with E-state index in [4.69, 9.17) is 19.7 Å². The van der Waals surface area contributed by atoms with Gasteiger partial charge in [0, 0.05) is 24.3 Å². The number of fused-ring (bicyclic) bond motifs is 2. The number of hydrogen-bond acceptors (Lipinski definition) is 8. The number of non-ortho nitro benzene ring substituents is 2. The van der Waals surface area contributed by atoms with E-state index in [2.05, 4.69) is 12.1 Å². The SMILES string of the molecule is O=[N+]([O-])c1ccc2c(c1)c(OCc1ccccc1)nn2Cc1ccccc1-c1ccccc1Cn1nc(OCc2ccccc2)c2cc([N+](=O)[O-])ccc21. The molecule has 266 valence electrons. The fraction of sp³-hybridized carbons (Fsp3) is 0.0952. The van der Waals surface area contributed by atoms with Crippen LogP contribution in [-0.2, 0) is 26.3 Å². The van der Waals surface area contributed by atoms with Gasteiger partial charge >= 0.3 is 0 Å². The molecule has 2 heterocycles. The van der Waals surface area contributed by atoms with Gasteiger partial charge in [-0.3, -0.25) is 29.6 Å². The fourth-order valence-corrected chi connectivity index (χ4v) is 6.57. The van der Waals surface area contributed by atoms with Gasteiger partial charge in [-0.15, -0.1) is 10.2 Å². The number of benzene rings is 6. The number of hydrogen-bond donors (Lipinski definition) is 0. The molecule has 0 spiro atoms. The van der Waals surface area contributed by atoms with Gasteiger partial charge < -0.3 is 9.47 Å². The smallest absolute Gasteiger partial charge is 0.270 e. The van der Waals surface area contributed by atoms with Crippen molar-refractivity contribution >= 4 is 33.2 Å². The van der Waals surface area contributed by atoms with Gasteiger partial charge in [0.2, 0.25) is 11.8 Å². The lowest BCUT2D eigenvalue weighted by Gasteiger charge is -2.15. The van der Waals surface area contributed by atoms with E-state index in [0.717, 1.165) is 33.4 Å². The Labute approximate surface area is 308 Å². The third-order valence-corrected chi connectivity index (χ3v) is 9.22. The van der Waals surface area contributed by atoms with E-state index in [-0.39, 0.29) is 24.6 Å². The van der Waals surface area contributed by atoms with Crippen molar-refractivity contribution in [2.24, 2.45) is 0 Å². The summed E-state index contributed by atoms with van der Waals surface area (Å²) >= 11 is 0. The average molecular weight is 717 g/mol. The van der Waals surface area contributed by atoms with Gasteiger partial charge in [-0.2, -0.15) is 0 Å². The first-order valence-electron chi connectivity index (χ1n) is 17.2. The fourth-order valence-electron chi connectivity index (χ4n) is 6.57. The number of nitro groups is 2. The molecule has 0 atom stereocenters. The van der Waals surface area contributed by atoms with Gasteiger partial charge in [0.15, 0.2) is 0 Å². The van der Waals surface area contributed by atoms with Crippen LogP contribution in [0.3, 0.4) is 0 Å². The van der Waals surface area contributed by atoms with Crippen LogP contribution in [-0.4, -0.2) is 29.4 Å². The Balaban J connectivity index is 1.14. The molecule has 0 N–H and O–H groups in total. The molecular weight excluding hydrogens is 684 g/mol. The number of nitro benzene ring substituents is 2. The summed E-state index contributed by atoms with van der Waals surface area (Å²) in [6.45, 7) is 1.24. The Morgan fingerprint density at radius 1 is 0.500 bits per heavy atom. The van der Waals surface area contributed by atoms with Crippen LogP contribution in [0.25, 0.3) is 32.9 Å². The van der Waals surface area contributed by atoms with Crippen molar-refractivity contribution in [2.75, 3.05) is 0 Å². The Morgan fingerprint density at radius 3 is 1.30 bits per heavy atom. The molecule has 0 fully saturated rings. The molecule has 0 aliphatic heterocycles. The van der Waals surface area contributed by atoms with Gasteiger partial charge in [0.25, 0.3) is 11.4 Å². The second kappa shape index (κ2) is 14.7. The molecule has 0 aliphatic rings. The van der Waals surface area contributed by atoms with Gasteiger partial charge in [-0.25, -0.2) is 0 Å². The minimum Gasteiger partial charge on any atom is -0.471 e. The number of rotatable bonds is 13. The predicted octanol–water partition coefficient (Wildman–Crippen LogP) is 9.12. The minimum atomic E-state index is -0.424. The highest BCUT2D eigenvalue weighted by Gasteiger charge is 2.20. The van der Waals surface area contributed by atoms with Crippen molar-refractivity contribution in [2.45, 2.75) is 26.3 Å². The first-order chi connectivity index (χ1) is 26.4. The second-order valence-corrected chi connectivity index (χ2v) is 12.7. The summed E-state index contributed by atoms with van der Waals surface area (Å²) in [5, 5.41) is 34.1. The maximum absolute atomic E-state index is 11.7. The zero-order chi connectivity index (χ0) is 37.0. The van der Waals surface area contributed by atoms with Crippen LogP contribution in [0.1, 0.15) is 22.3 Å². The third-order valence-electron chi connectivity index (χ3n) is 9.22. The molecule has 0 unspecified atom stereocenters. The summed E-state index contributed by atoms with van der Waals surface area (Å²) in [6, 6.07) is 44.8. The lowest BCUT2D eigenvalue weighted by atomic mass is 9.95. The van der Waals surface area contributed by atoms with E-state index in [1.54, 1.807) is 12.1 Å². The molecule has 0 aliphatic carbocycles. The number of nitrogens with zero attached hydrogens (tertiary/aromatic N) is 6. The summed E-state index contributed by atoms with van der Waals surface area (Å²) in [4.78, 5) is 22.6. The molecule has 0 saturated heterocycles. The Kier molecular flexibility index (Phi) is 9.21. The van der Waals surface area contributed by atoms with Crippen LogP contribution in [0.4, 0.5) is 11.4 Å². The highest BCUT2D eigenvalue weighted by molar-refractivity contribution is 5.88. The zero-order valence-electron chi connectivity index (χ0n) is 28.8. The van der Waals surface area contributed by atoms with Crippen molar-refractivity contribution in [3.63, 3.8) is 0 Å². The number of aromatic nitrogens is 4. The average Bonchev–Trinajstić information content (AvgIpc) is 3.73. The molecular formula is C42H32N6O6.